The fraction of sp³-hybridized carbons (Fsp3) is 0.800. The predicted molar refractivity (Wildman–Crippen MR) is 58.9 cm³/mol. The number of carbonyl (C=O) groups is 2. The second kappa shape index (κ2) is 5.81. The lowest BCUT2D eigenvalue weighted by Crippen LogP contribution is -2.48. The fourth-order valence-corrected chi connectivity index (χ4v) is 0.920. The molecule has 2 amide bonds. The maximum Gasteiger partial charge on any atom is 0.416 e. The van der Waals surface area contributed by atoms with Gasteiger partial charge in [0.05, 0.1) is 6.61 Å². The zero-order valence-corrected chi connectivity index (χ0v) is 10.4. The van der Waals surface area contributed by atoms with Crippen LogP contribution in [-0.2, 0) is 14.3 Å². The zero-order valence-electron chi connectivity index (χ0n) is 10.4. The van der Waals surface area contributed by atoms with Gasteiger partial charge in [0.15, 0.2) is 0 Å². The van der Waals surface area contributed by atoms with Crippen LogP contribution in [0, 0.1) is 0 Å². The van der Waals surface area contributed by atoms with Crippen molar-refractivity contribution in [3.63, 3.8) is 0 Å². The monoisotopic (exact) mass is 232 g/mol. The molecule has 0 aromatic heterocycles. The van der Waals surface area contributed by atoms with Crippen LogP contribution in [0.4, 0.5) is 4.79 Å². The van der Waals surface area contributed by atoms with E-state index in [0.717, 1.165) is 4.90 Å². The van der Waals surface area contributed by atoms with Crippen molar-refractivity contribution in [2.75, 3.05) is 20.8 Å². The Morgan fingerprint density at radius 1 is 1.38 bits per heavy atom. The van der Waals surface area contributed by atoms with E-state index in [4.69, 9.17) is 15.2 Å². The molecule has 6 nitrogen and oxygen atoms in total. The Morgan fingerprint density at radius 3 is 2.25 bits per heavy atom. The summed E-state index contributed by atoms with van der Waals surface area (Å²) in [6, 6.07) is -0.859. The highest BCUT2D eigenvalue weighted by atomic mass is 16.6. The molecule has 0 heterocycles. The summed E-state index contributed by atoms with van der Waals surface area (Å²) < 4.78 is 9.75. The van der Waals surface area contributed by atoms with Gasteiger partial charge < -0.3 is 15.2 Å². The first-order valence-corrected chi connectivity index (χ1v) is 4.94. The molecule has 0 radical (unpaired) electrons. The van der Waals surface area contributed by atoms with E-state index in [1.165, 1.54) is 14.2 Å². The van der Waals surface area contributed by atoms with Gasteiger partial charge in [0.25, 0.3) is 5.91 Å². The lowest BCUT2D eigenvalue weighted by atomic mass is 10.2. The Labute approximate surface area is 95.7 Å². The Bertz CT molecular complexity index is 260. The maximum absolute atomic E-state index is 11.6. The van der Waals surface area contributed by atoms with Crippen LogP contribution in [0.2, 0.25) is 0 Å². The highest BCUT2D eigenvalue weighted by molar-refractivity contribution is 5.94. The molecule has 0 aliphatic heterocycles. The molecule has 0 aromatic rings. The van der Waals surface area contributed by atoms with E-state index in [9.17, 15) is 9.59 Å². The van der Waals surface area contributed by atoms with Gasteiger partial charge in [-0.3, -0.25) is 4.79 Å². The number of hydrogen-bond acceptors (Lipinski definition) is 5. The van der Waals surface area contributed by atoms with Crippen LogP contribution in [-0.4, -0.2) is 49.3 Å². The smallest absolute Gasteiger partial charge is 0.416 e. The number of nitrogens with zero attached hydrogens (tertiary/aromatic N) is 1. The van der Waals surface area contributed by atoms with Gasteiger partial charge in [-0.05, 0) is 20.8 Å². The average Bonchev–Trinajstić information content (AvgIpc) is 2.13. The topological polar surface area (TPSA) is 81.9 Å². The van der Waals surface area contributed by atoms with Gasteiger partial charge in [0, 0.05) is 14.2 Å². The summed E-state index contributed by atoms with van der Waals surface area (Å²) in [4.78, 5) is 23.9. The van der Waals surface area contributed by atoms with Crippen LogP contribution in [0.1, 0.15) is 20.8 Å². The van der Waals surface area contributed by atoms with Crippen LogP contribution in [0.5, 0.6) is 0 Å². The summed E-state index contributed by atoms with van der Waals surface area (Å²) in [7, 11) is 2.76. The van der Waals surface area contributed by atoms with Gasteiger partial charge in [-0.15, -0.1) is 0 Å². The van der Waals surface area contributed by atoms with Gasteiger partial charge in [-0.2, -0.15) is 0 Å². The molecule has 0 rings (SSSR count). The number of imide groups is 1. The van der Waals surface area contributed by atoms with Gasteiger partial charge in [0.1, 0.15) is 11.6 Å². The number of rotatable bonds is 3. The molecule has 0 fully saturated rings. The number of carbonyl (C=O) groups excluding carboxylic acids is 2. The minimum atomic E-state index is -0.859. The van der Waals surface area contributed by atoms with Crippen molar-refractivity contribution in [2.45, 2.75) is 32.4 Å². The normalized spacial score (nSPS) is 13.1. The molecule has 0 unspecified atom stereocenters. The van der Waals surface area contributed by atoms with E-state index in [1.54, 1.807) is 20.8 Å². The molecule has 2 N–H and O–H groups in total. The number of hydrogen-bond donors (Lipinski definition) is 1. The largest absolute Gasteiger partial charge is 0.443 e. The van der Waals surface area contributed by atoms with Crippen molar-refractivity contribution >= 4 is 12.0 Å². The summed E-state index contributed by atoms with van der Waals surface area (Å²) in [5, 5.41) is 0. The van der Waals surface area contributed by atoms with Gasteiger partial charge >= 0.3 is 6.09 Å². The van der Waals surface area contributed by atoms with Crippen molar-refractivity contribution in [1.82, 2.24) is 4.90 Å². The van der Waals surface area contributed by atoms with Gasteiger partial charge in [-0.25, -0.2) is 9.69 Å². The SMILES string of the molecule is COC[C@H](N)C(=O)N(C)C(=O)OC(C)(C)C. The molecular weight excluding hydrogens is 212 g/mol. The zero-order chi connectivity index (χ0) is 12.9. The van der Waals surface area contributed by atoms with E-state index < -0.39 is 23.6 Å². The molecule has 0 aliphatic carbocycles. The van der Waals surface area contributed by atoms with Crippen LogP contribution < -0.4 is 5.73 Å². The number of likely N-dealkylation sites (N-methyl/N-ethyl adjacent to an activating group) is 1. The number of ether oxygens (including phenoxy) is 2. The Kier molecular flexibility index (Phi) is 5.40. The number of amides is 2. The summed E-state index contributed by atoms with van der Waals surface area (Å²) in [6.45, 7) is 5.22. The summed E-state index contributed by atoms with van der Waals surface area (Å²) in [5.74, 6) is -0.531. The minimum absolute atomic E-state index is 0.0615. The summed E-state index contributed by atoms with van der Waals surface area (Å²) in [6.07, 6.45) is -0.718. The molecular formula is C10H20N2O4. The van der Waals surface area contributed by atoms with Crippen molar-refractivity contribution in [2.24, 2.45) is 5.73 Å². The van der Waals surface area contributed by atoms with Crippen LogP contribution in [0.15, 0.2) is 0 Å². The lowest BCUT2D eigenvalue weighted by molar-refractivity contribution is -0.131. The molecule has 0 aliphatic rings. The van der Waals surface area contributed by atoms with Crippen molar-refractivity contribution in [1.29, 1.82) is 0 Å². The number of nitrogens with two attached hydrogens (primary N) is 1. The van der Waals surface area contributed by atoms with E-state index in [1.807, 2.05) is 0 Å². The first-order chi connectivity index (χ1) is 7.19. The van der Waals surface area contributed by atoms with E-state index in [0.29, 0.717) is 0 Å². The van der Waals surface area contributed by atoms with Crippen molar-refractivity contribution in [3.05, 3.63) is 0 Å². The predicted octanol–water partition coefficient (Wildman–Crippen LogP) is 0.354. The highest BCUT2D eigenvalue weighted by Crippen LogP contribution is 2.09. The molecule has 0 spiro atoms. The minimum Gasteiger partial charge on any atom is -0.443 e. The molecule has 0 saturated heterocycles. The Balaban J connectivity index is 4.38. The maximum atomic E-state index is 11.6. The first kappa shape index (κ1) is 14.9. The van der Waals surface area contributed by atoms with Gasteiger partial charge in [0.2, 0.25) is 0 Å². The summed E-state index contributed by atoms with van der Waals surface area (Å²) in [5.41, 5.74) is 4.86. The molecule has 1 atom stereocenters. The molecule has 0 aromatic carbocycles. The number of methoxy groups -OCH3 is 1. The molecule has 6 heteroatoms. The van der Waals surface area contributed by atoms with E-state index in [2.05, 4.69) is 0 Å². The van der Waals surface area contributed by atoms with E-state index in [-0.39, 0.29) is 6.61 Å². The molecule has 0 bridgehead atoms. The van der Waals surface area contributed by atoms with Crippen LogP contribution in [0.3, 0.4) is 0 Å². The highest BCUT2D eigenvalue weighted by Gasteiger charge is 2.27. The van der Waals surface area contributed by atoms with Gasteiger partial charge in [-0.1, -0.05) is 0 Å². The molecule has 16 heavy (non-hydrogen) atoms. The molecule has 94 valence electrons. The van der Waals surface area contributed by atoms with E-state index >= 15 is 0 Å². The summed E-state index contributed by atoms with van der Waals surface area (Å²) >= 11 is 0. The third kappa shape index (κ3) is 5.09. The second-order valence-electron chi connectivity index (χ2n) is 4.44. The van der Waals surface area contributed by atoms with Crippen molar-refractivity contribution < 1.29 is 19.1 Å². The van der Waals surface area contributed by atoms with Crippen LogP contribution >= 0.6 is 0 Å². The quantitative estimate of drug-likeness (QED) is 0.759. The van der Waals surface area contributed by atoms with Crippen LogP contribution in [0.25, 0.3) is 0 Å². The third-order valence-corrected chi connectivity index (χ3v) is 1.66. The third-order valence-electron chi connectivity index (χ3n) is 1.66. The average molecular weight is 232 g/mol. The lowest BCUT2D eigenvalue weighted by Gasteiger charge is -2.24. The standard InChI is InChI=1S/C10H20N2O4/c1-10(2,3)16-9(14)12(4)8(13)7(11)6-15-5/h7H,6,11H2,1-5H3/t7-/m0/s1. The Hall–Kier alpha value is -1.14. The first-order valence-electron chi connectivity index (χ1n) is 4.94. The second-order valence-corrected chi connectivity index (χ2v) is 4.44. The fourth-order valence-electron chi connectivity index (χ4n) is 0.920. The Morgan fingerprint density at radius 2 is 1.88 bits per heavy atom. The van der Waals surface area contributed by atoms with Crippen molar-refractivity contribution in [3.8, 4) is 0 Å². The molecule has 0 saturated carbocycles.